The highest BCUT2D eigenvalue weighted by atomic mass is 35.5. The summed E-state index contributed by atoms with van der Waals surface area (Å²) in [5, 5.41) is 4.84. The summed E-state index contributed by atoms with van der Waals surface area (Å²) in [7, 11) is 1.36. The van der Waals surface area contributed by atoms with Crippen LogP contribution in [0.5, 0.6) is 0 Å². The second kappa shape index (κ2) is 6.05. The molecule has 1 rings (SSSR count). The highest BCUT2D eigenvalue weighted by molar-refractivity contribution is 8.03. The summed E-state index contributed by atoms with van der Waals surface area (Å²) in [6.45, 7) is 0. The Bertz CT molecular complexity index is 376. The lowest BCUT2D eigenvalue weighted by Gasteiger charge is -2.02. The van der Waals surface area contributed by atoms with Crippen LogP contribution < -0.4 is 5.32 Å². The number of halogens is 1. The Labute approximate surface area is 101 Å². The zero-order valence-corrected chi connectivity index (χ0v) is 10.6. The SMILES string of the molecule is COC(=O)/C(=C/Nc1csc(Cl)c1)SC. The van der Waals surface area contributed by atoms with Gasteiger partial charge in [0.25, 0.3) is 0 Å². The lowest BCUT2D eigenvalue weighted by atomic mass is 10.5. The van der Waals surface area contributed by atoms with Gasteiger partial charge in [0.15, 0.2) is 0 Å². The predicted octanol–water partition coefficient (Wildman–Crippen LogP) is 3.19. The highest BCUT2D eigenvalue weighted by Gasteiger charge is 2.07. The molecule has 0 fully saturated rings. The number of ether oxygens (including phenoxy) is 1. The summed E-state index contributed by atoms with van der Waals surface area (Å²) >= 11 is 8.51. The summed E-state index contributed by atoms with van der Waals surface area (Å²) in [6.07, 6.45) is 3.42. The average molecular weight is 264 g/mol. The molecule has 0 aliphatic heterocycles. The molecule has 1 aromatic heterocycles. The van der Waals surface area contributed by atoms with E-state index < -0.39 is 0 Å². The van der Waals surface area contributed by atoms with Gasteiger partial charge in [0.1, 0.15) is 4.91 Å². The monoisotopic (exact) mass is 263 g/mol. The van der Waals surface area contributed by atoms with Crippen LogP contribution in [0.3, 0.4) is 0 Å². The van der Waals surface area contributed by atoms with Crippen molar-refractivity contribution in [3.63, 3.8) is 0 Å². The van der Waals surface area contributed by atoms with Gasteiger partial charge < -0.3 is 10.1 Å². The maximum Gasteiger partial charge on any atom is 0.345 e. The van der Waals surface area contributed by atoms with Gasteiger partial charge in [0.05, 0.1) is 17.1 Å². The summed E-state index contributed by atoms with van der Waals surface area (Å²) in [4.78, 5) is 11.7. The van der Waals surface area contributed by atoms with Crippen LogP contribution in [0.4, 0.5) is 5.69 Å². The minimum absolute atomic E-state index is 0.351. The number of rotatable bonds is 4. The fourth-order valence-corrected chi connectivity index (χ4v) is 2.09. The number of carbonyl (C=O) groups is 1. The first-order valence-corrected chi connectivity index (χ1v) is 6.48. The number of thiophene rings is 1. The second-order valence-electron chi connectivity index (χ2n) is 2.49. The van der Waals surface area contributed by atoms with Crippen molar-refractivity contribution >= 4 is 46.4 Å². The maximum atomic E-state index is 11.2. The first-order chi connectivity index (χ1) is 7.17. The Kier molecular flexibility index (Phi) is 5.01. The third-order valence-corrected chi connectivity index (χ3v) is 3.36. The number of anilines is 1. The van der Waals surface area contributed by atoms with Crippen molar-refractivity contribution in [1.29, 1.82) is 0 Å². The third kappa shape index (κ3) is 3.77. The van der Waals surface area contributed by atoms with E-state index in [4.69, 9.17) is 11.6 Å². The maximum absolute atomic E-state index is 11.2. The number of hydrogen-bond donors (Lipinski definition) is 1. The number of methoxy groups -OCH3 is 1. The van der Waals surface area contributed by atoms with E-state index in [1.807, 2.05) is 11.6 Å². The second-order valence-corrected chi connectivity index (χ2v) is 4.88. The normalized spacial score (nSPS) is 11.3. The van der Waals surface area contributed by atoms with Crippen molar-refractivity contribution in [2.75, 3.05) is 18.7 Å². The van der Waals surface area contributed by atoms with Crippen molar-refractivity contribution in [3.8, 4) is 0 Å². The smallest absolute Gasteiger partial charge is 0.345 e. The Morgan fingerprint density at radius 1 is 1.73 bits per heavy atom. The van der Waals surface area contributed by atoms with Gasteiger partial charge in [-0.3, -0.25) is 0 Å². The molecule has 1 aromatic rings. The molecule has 3 nitrogen and oxygen atoms in total. The number of thioether (sulfide) groups is 1. The average Bonchev–Trinajstić information content (AvgIpc) is 2.64. The fraction of sp³-hybridized carbons (Fsp3) is 0.222. The Hall–Kier alpha value is -0.650. The number of esters is 1. The van der Waals surface area contributed by atoms with Crippen LogP contribution in [-0.4, -0.2) is 19.3 Å². The van der Waals surface area contributed by atoms with Gasteiger partial charge >= 0.3 is 5.97 Å². The molecule has 6 heteroatoms. The van der Waals surface area contributed by atoms with Gasteiger partial charge in [-0.25, -0.2) is 4.79 Å². The van der Waals surface area contributed by atoms with Crippen LogP contribution in [0.15, 0.2) is 22.6 Å². The zero-order valence-electron chi connectivity index (χ0n) is 8.24. The zero-order chi connectivity index (χ0) is 11.3. The molecule has 0 bridgehead atoms. The molecule has 0 amide bonds. The molecule has 0 aromatic carbocycles. The quantitative estimate of drug-likeness (QED) is 0.669. The molecule has 0 unspecified atom stereocenters. The molecule has 0 aliphatic rings. The Balaban J connectivity index is 2.66. The van der Waals surface area contributed by atoms with Crippen LogP contribution in [0.25, 0.3) is 0 Å². The molecule has 0 radical (unpaired) electrons. The number of nitrogens with one attached hydrogen (secondary N) is 1. The minimum atomic E-state index is -0.351. The highest BCUT2D eigenvalue weighted by Crippen LogP contribution is 2.24. The molecular formula is C9H10ClNO2S2. The summed E-state index contributed by atoms with van der Waals surface area (Å²) in [5.74, 6) is -0.351. The summed E-state index contributed by atoms with van der Waals surface area (Å²) in [5.41, 5.74) is 0.862. The molecule has 15 heavy (non-hydrogen) atoms. The van der Waals surface area contributed by atoms with E-state index in [0.717, 1.165) is 5.69 Å². The third-order valence-electron chi connectivity index (χ3n) is 1.54. The largest absolute Gasteiger partial charge is 0.465 e. The van der Waals surface area contributed by atoms with E-state index >= 15 is 0 Å². The van der Waals surface area contributed by atoms with E-state index in [0.29, 0.717) is 9.24 Å². The Morgan fingerprint density at radius 3 is 2.93 bits per heavy atom. The van der Waals surface area contributed by atoms with E-state index in [9.17, 15) is 4.79 Å². The molecule has 82 valence electrons. The van der Waals surface area contributed by atoms with Crippen molar-refractivity contribution in [1.82, 2.24) is 0 Å². The van der Waals surface area contributed by atoms with Crippen LogP contribution in [0.2, 0.25) is 4.34 Å². The van der Waals surface area contributed by atoms with Gasteiger partial charge in [0.2, 0.25) is 0 Å². The predicted molar refractivity (Wildman–Crippen MR) is 66.6 cm³/mol. The van der Waals surface area contributed by atoms with Crippen LogP contribution in [0, 0.1) is 0 Å². The first kappa shape index (κ1) is 12.4. The molecule has 1 heterocycles. The number of carbonyl (C=O) groups excluding carboxylic acids is 1. The topological polar surface area (TPSA) is 38.3 Å². The van der Waals surface area contributed by atoms with Crippen molar-refractivity contribution in [2.24, 2.45) is 0 Å². The van der Waals surface area contributed by atoms with Gasteiger partial charge in [-0.15, -0.1) is 23.1 Å². The molecule has 0 spiro atoms. The molecule has 0 atom stereocenters. The fourth-order valence-electron chi connectivity index (χ4n) is 0.836. The van der Waals surface area contributed by atoms with Gasteiger partial charge in [-0.1, -0.05) is 11.6 Å². The van der Waals surface area contributed by atoms with Crippen LogP contribution >= 0.6 is 34.7 Å². The Morgan fingerprint density at radius 2 is 2.47 bits per heavy atom. The molecule has 0 saturated heterocycles. The molecular weight excluding hydrogens is 254 g/mol. The minimum Gasteiger partial charge on any atom is -0.465 e. The van der Waals surface area contributed by atoms with Crippen LogP contribution in [0.1, 0.15) is 0 Å². The van der Waals surface area contributed by atoms with Crippen molar-refractivity contribution in [2.45, 2.75) is 0 Å². The van der Waals surface area contributed by atoms with E-state index in [1.54, 1.807) is 12.3 Å². The van der Waals surface area contributed by atoms with Gasteiger partial charge in [0, 0.05) is 11.6 Å². The molecule has 1 N–H and O–H groups in total. The summed E-state index contributed by atoms with van der Waals surface area (Å²) in [6, 6.07) is 1.79. The van der Waals surface area contributed by atoms with Crippen molar-refractivity contribution < 1.29 is 9.53 Å². The van der Waals surface area contributed by atoms with E-state index in [-0.39, 0.29) is 5.97 Å². The van der Waals surface area contributed by atoms with Gasteiger partial charge in [-0.2, -0.15) is 0 Å². The van der Waals surface area contributed by atoms with Crippen molar-refractivity contribution in [3.05, 3.63) is 26.9 Å². The first-order valence-electron chi connectivity index (χ1n) is 4.00. The van der Waals surface area contributed by atoms with E-state index in [2.05, 4.69) is 10.1 Å². The lowest BCUT2D eigenvalue weighted by Crippen LogP contribution is -2.03. The lowest BCUT2D eigenvalue weighted by molar-refractivity contribution is -0.135. The molecule has 0 saturated carbocycles. The summed E-state index contributed by atoms with van der Waals surface area (Å²) < 4.78 is 5.31. The van der Waals surface area contributed by atoms with Crippen LogP contribution in [-0.2, 0) is 9.53 Å². The van der Waals surface area contributed by atoms with Gasteiger partial charge in [-0.05, 0) is 12.3 Å². The standard InChI is InChI=1S/C9H10ClNO2S2/c1-13-9(12)7(14-2)4-11-6-3-8(10)15-5-6/h3-5,11H,1-2H3/b7-4-. The molecule has 0 aliphatic carbocycles. The van der Waals surface area contributed by atoms with E-state index in [1.165, 1.54) is 30.2 Å². The number of hydrogen-bond acceptors (Lipinski definition) is 5.